The molecule has 2 atom stereocenters. The number of carboxylic acid groups (broad SMARTS) is 1. The molecule has 0 bridgehead atoms. The van der Waals surface area contributed by atoms with Gasteiger partial charge in [-0.25, -0.2) is 19.2 Å². The second kappa shape index (κ2) is 10.1. The zero-order valence-electron chi connectivity index (χ0n) is 19.0. The summed E-state index contributed by atoms with van der Waals surface area (Å²) in [5, 5.41) is 11.0. The van der Waals surface area contributed by atoms with Crippen molar-refractivity contribution in [2.45, 2.75) is 36.8 Å². The van der Waals surface area contributed by atoms with Crippen molar-refractivity contribution in [1.29, 1.82) is 0 Å². The van der Waals surface area contributed by atoms with Crippen LogP contribution in [0.3, 0.4) is 0 Å². The molecule has 2 amide bonds. The molecule has 35 heavy (non-hydrogen) atoms. The minimum Gasteiger partial charge on any atom is -0.465 e. The number of halogens is 2. The summed E-state index contributed by atoms with van der Waals surface area (Å²) in [6.07, 6.45) is 0.589. The molecule has 1 fully saturated rings. The van der Waals surface area contributed by atoms with Crippen LogP contribution in [0.2, 0.25) is 5.02 Å². The van der Waals surface area contributed by atoms with Crippen molar-refractivity contribution in [3.8, 4) is 0 Å². The molecular weight excluding hydrogens is 501 g/mol. The van der Waals surface area contributed by atoms with E-state index in [1.807, 2.05) is 11.8 Å². The van der Waals surface area contributed by atoms with Crippen LogP contribution >= 0.6 is 22.2 Å². The molecule has 2 aliphatic rings. The Labute approximate surface area is 208 Å². The number of nitrogens with one attached hydrogen (secondary N) is 1. The van der Waals surface area contributed by atoms with E-state index in [1.54, 1.807) is 11.0 Å². The second-order valence-corrected chi connectivity index (χ2v) is 11.3. The van der Waals surface area contributed by atoms with Gasteiger partial charge < -0.3 is 20.2 Å². The Balaban J connectivity index is 1.47. The van der Waals surface area contributed by atoms with Gasteiger partial charge in [0, 0.05) is 38.2 Å². The van der Waals surface area contributed by atoms with Crippen LogP contribution in [0.15, 0.2) is 24.5 Å². The van der Waals surface area contributed by atoms with E-state index in [4.69, 9.17) is 11.6 Å². The first-order chi connectivity index (χ1) is 16.6. The third-order valence-electron chi connectivity index (χ3n) is 6.35. The fourth-order valence-corrected chi connectivity index (χ4v) is 6.79. The van der Waals surface area contributed by atoms with Crippen LogP contribution in [0.5, 0.6) is 0 Å². The number of benzene rings is 1. The summed E-state index contributed by atoms with van der Waals surface area (Å²) in [6.45, 7) is 3.39. The van der Waals surface area contributed by atoms with Gasteiger partial charge in [-0.2, -0.15) is 10.6 Å². The molecule has 10 nitrogen and oxygen atoms in total. The van der Waals surface area contributed by atoms with Crippen LogP contribution < -0.4 is 10.2 Å². The van der Waals surface area contributed by atoms with Gasteiger partial charge in [0.25, 0.3) is 0 Å². The highest BCUT2D eigenvalue weighted by molar-refractivity contribution is 8.24. The summed E-state index contributed by atoms with van der Waals surface area (Å²) in [4.78, 5) is 36.7. The molecule has 190 valence electrons. The van der Waals surface area contributed by atoms with E-state index < -0.39 is 39.7 Å². The lowest BCUT2D eigenvalue weighted by Gasteiger charge is -2.38. The fraction of sp³-hybridized carbons (Fsp3) is 0.455. The average Bonchev–Trinajstić information content (AvgIpc) is 3.09. The number of anilines is 1. The van der Waals surface area contributed by atoms with Crippen LogP contribution in [-0.2, 0) is 17.0 Å². The topological polar surface area (TPSA) is 139 Å². The van der Waals surface area contributed by atoms with Crippen molar-refractivity contribution in [2.75, 3.05) is 31.1 Å². The van der Waals surface area contributed by atoms with Gasteiger partial charge in [0.2, 0.25) is 5.91 Å². The number of carbonyl (C=O) groups excluding carboxylic acids is 1. The van der Waals surface area contributed by atoms with Crippen molar-refractivity contribution in [1.82, 2.24) is 20.2 Å². The normalized spacial score (nSPS) is 20.8. The molecule has 0 radical (unpaired) electrons. The lowest BCUT2D eigenvalue weighted by atomic mass is 10.0. The molecule has 0 aliphatic carbocycles. The van der Waals surface area contributed by atoms with E-state index >= 15 is 0 Å². The Bertz CT molecular complexity index is 1130. The molecule has 2 aliphatic heterocycles. The highest BCUT2D eigenvalue weighted by Crippen LogP contribution is 2.64. The van der Waals surface area contributed by atoms with E-state index in [2.05, 4.69) is 15.3 Å². The second-order valence-electron chi connectivity index (χ2n) is 8.58. The van der Waals surface area contributed by atoms with E-state index in [9.17, 15) is 28.2 Å². The van der Waals surface area contributed by atoms with E-state index in [0.717, 1.165) is 5.56 Å². The summed E-state index contributed by atoms with van der Waals surface area (Å²) >= 11 is 5.72. The van der Waals surface area contributed by atoms with Crippen molar-refractivity contribution >= 4 is 40.0 Å². The first kappa shape index (κ1) is 25.4. The van der Waals surface area contributed by atoms with Crippen molar-refractivity contribution in [2.24, 2.45) is 0 Å². The van der Waals surface area contributed by atoms with E-state index in [0.29, 0.717) is 49.7 Å². The molecule has 1 aromatic carbocycles. The minimum absolute atomic E-state index is 0.0190. The monoisotopic (exact) mass is 527 g/mol. The van der Waals surface area contributed by atoms with Gasteiger partial charge >= 0.3 is 6.09 Å². The number of hydrogen-bond donors (Lipinski definition) is 4. The molecule has 4 rings (SSSR count). The molecule has 2 aromatic rings. The number of nitrogens with zero attached hydrogens (tertiary/aromatic N) is 4. The molecule has 4 N–H and O–H groups in total. The number of piperazine rings is 1. The van der Waals surface area contributed by atoms with Crippen LogP contribution in [0.1, 0.15) is 35.4 Å². The SMILES string of the molecule is CCC1c2c(ncnc2N2CCN(C(=O)[C@@H](Cc3ccc(Cl)c(F)c3)NC(=O)O)CC2)CS1(O)O. The van der Waals surface area contributed by atoms with Gasteiger partial charge in [-0.15, -0.1) is 0 Å². The Morgan fingerprint density at radius 2 is 1.97 bits per heavy atom. The van der Waals surface area contributed by atoms with Crippen LogP contribution in [0.4, 0.5) is 15.0 Å². The summed E-state index contributed by atoms with van der Waals surface area (Å²) in [7, 11) is -2.83. The molecule has 0 spiro atoms. The lowest BCUT2D eigenvalue weighted by molar-refractivity contribution is -0.133. The lowest BCUT2D eigenvalue weighted by Crippen LogP contribution is -2.55. The van der Waals surface area contributed by atoms with Crippen LogP contribution in [-0.4, -0.2) is 73.3 Å². The third-order valence-corrected chi connectivity index (χ3v) is 8.84. The molecule has 13 heteroatoms. The molecule has 1 aromatic heterocycles. The van der Waals surface area contributed by atoms with Gasteiger partial charge in [0.05, 0.1) is 21.7 Å². The third kappa shape index (κ3) is 5.30. The van der Waals surface area contributed by atoms with Gasteiger partial charge in [0.15, 0.2) is 0 Å². The Morgan fingerprint density at radius 1 is 1.26 bits per heavy atom. The maximum Gasteiger partial charge on any atom is 0.405 e. The van der Waals surface area contributed by atoms with E-state index in [-0.39, 0.29) is 17.2 Å². The summed E-state index contributed by atoms with van der Waals surface area (Å²) in [5.74, 6) is -0.291. The number of rotatable bonds is 6. The Hall–Kier alpha value is -2.67. The predicted molar refractivity (Wildman–Crippen MR) is 130 cm³/mol. The number of amides is 2. The zero-order chi connectivity index (χ0) is 25.3. The number of fused-ring (bicyclic) bond motifs is 1. The predicted octanol–water partition coefficient (Wildman–Crippen LogP) is 3.51. The summed E-state index contributed by atoms with van der Waals surface area (Å²) in [5.41, 5.74) is 1.84. The van der Waals surface area contributed by atoms with Gasteiger partial charge in [-0.05, 0) is 24.1 Å². The number of carbonyl (C=O) groups is 2. The van der Waals surface area contributed by atoms with Crippen molar-refractivity contribution in [3.05, 3.63) is 52.2 Å². The van der Waals surface area contributed by atoms with Crippen LogP contribution in [0.25, 0.3) is 0 Å². The van der Waals surface area contributed by atoms with E-state index in [1.165, 1.54) is 18.5 Å². The Morgan fingerprint density at radius 3 is 2.60 bits per heavy atom. The molecule has 1 unspecified atom stereocenters. The highest BCUT2D eigenvalue weighted by Gasteiger charge is 2.40. The molecule has 3 heterocycles. The maximum atomic E-state index is 13.8. The van der Waals surface area contributed by atoms with Crippen molar-refractivity contribution in [3.63, 3.8) is 0 Å². The Kier molecular flexibility index (Phi) is 7.36. The van der Waals surface area contributed by atoms with Crippen molar-refractivity contribution < 1.29 is 28.2 Å². The largest absolute Gasteiger partial charge is 0.465 e. The number of aromatic nitrogens is 2. The first-order valence-electron chi connectivity index (χ1n) is 11.2. The molecule has 0 saturated carbocycles. The van der Waals surface area contributed by atoms with Crippen LogP contribution in [0, 0.1) is 5.82 Å². The summed E-state index contributed by atoms with van der Waals surface area (Å²) in [6, 6.07) is 3.03. The smallest absolute Gasteiger partial charge is 0.405 e. The number of hydrogen-bond acceptors (Lipinski definition) is 7. The standard InChI is InChI=1S/C22H27ClFN5O5S/c1-2-18-19-17(11-35(18,33)34)25-12-26-20(19)28-5-7-29(8-6-28)21(30)16(27-22(31)32)10-13-3-4-14(23)15(24)9-13/h3-4,9,12,16,18,27,33-34H,2,5-8,10-11H2,1H3,(H,31,32)/t16-,18?/m1/s1. The van der Waals surface area contributed by atoms with Gasteiger partial charge in [-0.1, -0.05) is 24.6 Å². The maximum absolute atomic E-state index is 13.8. The quantitative estimate of drug-likeness (QED) is 0.447. The fourth-order valence-electron chi connectivity index (χ4n) is 4.69. The first-order valence-corrected chi connectivity index (χ1v) is 13.3. The zero-order valence-corrected chi connectivity index (χ0v) is 20.6. The van der Waals surface area contributed by atoms with Gasteiger partial charge in [0.1, 0.15) is 24.0 Å². The molecular formula is C22H27ClFN5O5S. The molecule has 1 saturated heterocycles. The summed E-state index contributed by atoms with van der Waals surface area (Å²) < 4.78 is 34.9. The van der Waals surface area contributed by atoms with Gasteiger partial charge in [-0.3, -0.25) is 13.9 Å². The average molecular weight is 528 g/mol. The highest BCUT2D eigenvalue weighted by atomic mass is 35.5. The minimum atomic E-state index is -2.83.